The smallest absolute Gasteiger partial charge is 0.228 e. The number of nitrogens with one attached hydrogen (secondary N) is 3. The summed E-state index contributed by atoms with van der Waals surface area (Å²) in [6, 6.07) is 13.0. The van der Waals surface area contributed by atoms with Crippen molar-refractivity contribution in [1.82, 2.24) is 25.5 Å². The Kier molecular flexibility index (Phi) is 5.62. The molecule has 8 nitrogen and oxygen atoms in total. The van der Waals surface area contributed by atoms with Crippen molar-refractivity contribution in [2.75, 3.05) is 11.9 Å². The molecular formula is C23H29N7O. The maximum Gasteiger partial charge on any atom is 0.228 e. The lowest BCUT2D eigenvalue weighted by atomic mass is 9.83. The third-order valence-corrected chi connectivity index (χ3v) is 6.87. The highest BCUT2D eigenvalue weighted by atomic mass is 16.2. The molecule has 1 aromatic heterocycles. The molecule has 31 heavy (non-hydrogen) atoms. The predicted molar refractivity (Wildman–Crippen MR) is 116 cm³/mol. The number of fused-ring (bicyclic) bond motifs is 1. The molecule has 162 valence electrons. The summed E-state index contributed by atoms with van der Waals surface area (Å²) in [5, 5.41) is 22.8. The first kappa shape index (κ1) is 20.0. The van der Waals surface area contributed by atoms with E-state index in [2.05, 4.69) is 44.4 Å². The van der Waals surface area contributed by atoms with Crippen molar-refractivity contribution in [2.45, 2.75) is 56.9 Å². The van der Waals surface area contributed by atoms with E-state index in [-0.39, 0.29) is 36.0 Å². The maximum atomic E-state index is 12.8. The van der Waals surface area contributed by atoms with E-state index in [1.54, 1.807) is 6.20 Å². The summed E-state index contributed by atoms with van der Waals surface area (Å²) in [4.78, 5) is 12.8. The number of nitriles is 1. The molecule has 1 aromatic carbocycles. The summed E-state index contributed by atoms with van der Waals surface area (Å²) in [7, 11) is 0. The van der Waals surface area contributed by atoms with E-state index < -0.39 is 0 Å². The van der Waals surface area contributed by atoms with Crippen molar-refractivity contribution in [2.24, 2.45) is 11.8 Å². The first-order valence-electron chi connectivity index (χ1n) is 11.3. The van der Waals surface area contributed by atoms with Crippen LogP contribution in [0.4, 0.5) is 5.69 Å². The standard InChI is InChI=1S/C23H29N7O/c24-14-17-6-1-2-8-19(17)30-20-9-11-25-23(31)21(20)22(28-30)27-18-7-3-5-16(13-18)15-29-12-4-10-26-29/h3-5,7,10,12-13,17,19-22,27-28H,1-2,6,8-9,11,15H2,(H,25,31)/t17-,19+,20?,21?,22?/m1/s1. The second kappa shape index (κ2) is 8.69. The fraction of sp³-hybridized carbons (Fsp3) is 0.522. The number of aromatic nitrogens is 2. The molecule has 5 atom stereocenters. The van der Waals surface area contributed by atoms with E-state index >= 15 is 0 Å². The molecule has 5 rings (SSSR count). The third kappa shape index (κ3) is 4.03. The van der Waals surface area contributed by atoms with Gasteiger partial charge in [0.05, 0.1) is 24.4 Å². The summed E-state index contributed by atoms with van der Waals surface area (Å²) in [5.41, 5.74) is 5.72. The molecule has 2 aromatic rings. The lowest BCUT2D eigenvalue weighted by Gasteiger charge is -2.39. The van der Waals surface area contributed by atoms with Crippen LogP contribution in [-0.2, 0) is 11.3 Å². The highest BCUT2D eigenvalue weighted by Crippen LogP contribution is 2.36. The molecular weight excluding hydrogens is 390 g/mol. The Morgan fingerprint density at radius 2 is 2.10 bits per heavy atom. The lowest BCUT2D eigenvalue weighted by Crippen LogP contribution is -2.54. The van der Waals surface area contributed by atoms with Crippen LogP contribution in [0.2, 0.25) is 0 Å². The van der Waals surface area contributed by atoms with E-state index in [4.69, 9.17) is 0 Å². The second-order valence-electron chi connectivity index (χ2n) is 8.82. The first-order valence-corrected chi connectivity index (χ1v) is 11.3. The van der Waals surface area contributed by atoms with Crippen LogP contribution in [0.3, 0.4) is 0 Å². The van der Waals surface area contributed by atoms with Gasteiger partial charge in [-0.25, -0.2) is 10.4 Å². The summed E-state index contributed by atoms with van der Waals surface area (Å²) in [6.07, 6.45) is 8.62. The Balaban J connectivity index is 1.36. The zero-order valence-corrected chi connectivity index (χ0v) is 17.6. The van der Waals surface area contributed by atoms with Crippen molar-refractivity contribution in [3.63, 3.8) is 0 Å². The van der Waals surface area contributed by atoms with Crippen molar-refractivity contribution < 1.29 is 4.79 Å². The lowest BCUT2D eigenvalue weighted by molar-refractivity contribution is -0.128. The molecule has 3 N–H and O–H groups in total. The van der Waals surface area contributed by atoms with Crippen LogP contribution in [0.15, 0.2) is 42.7 Å². The number of rotatable bonds is 5. The average molecular weight is 420 g/mol. The maximum absolute atomic E-state index is 12.8. The molecule has 1 aliphatic carbocycles. The normalized spacial score (nSPS) is 30.9. The molecule has 3 unspecified atom stereocenters. The molecule has 2 saturated heterocycles. The molecule has 8 heteroatoms. The zero-order chi connectivity index (χ0) is 21.2. The van der Waals surface area contributed by atoms with Crippen molar-refractivity contribution in [1.29, 1.82) is 5.26 Å². The van der Waals surface area contributed by atoms with Crippen LogP contribution in [0.25, 0.3) is 0 Å². The SMILES string of the molecule is N#C[C@H]1CCCC[C@@H]1N1NC(Nc2cccc(Cn3cccn3)c2)C2C(=O)NCCC21. The molecule has 1 amide bonds. The number of carbonyl (C=O) groups is 1. The zero-order valence-electron chi connectivity index (χ0n) is 17.6. The second-order valence-corrected chi connectivity index (χ2v) is 8.82. The van der Waals surface area contributed by atoms with Gasteiger partial charge in [-0.05, 0) is 43.0 Å². The number of hydrazine groups is 1. The van der Waals surface area contributed by atoms with Crippen LogP contribution in [-0.4, -0.2) is 45.5 Å². The van der Waals surface area contributed by atoms with Gasteiger partial charge in [-0.3, -0.25) is 9.48 Å². The number of nitrogens with zero attached hydrogens (tertiary/aromatic N) is 4. The van der Waals surface area contributed by atoms with Crippen LogP contribution in [0.1, 0.15) is 37.7 Å². The molecule has 3 heterocycles. The topological polar surface area (TPSA) is 98.0 Å². The summed E-state index contributed by atoms with van der Waals surface area (Å²) < 4.78 is 1.89. The van der Waals surface area contributed by atoms with Gasteiger partial charge in [0.2, 0.25) is 5.91 Å². The van der Waals surface area contributed by atoms with Gasteiger partial charge in [0, 0.05) is 36.7 Å². The molecule has 2 aliphatic heterocycles. The molecule has 0 spiro atoms. The largest absolute Gasteiger partial charge is 0.368 e. The van der Waals surface area contributed by atoms with Crippen LogP contribution < -0.4 is 16.1 Å². The third-order valence-electron chi connectivity index (χ3n) is 6.87. The number of anilines is 1. The summed E-state index contributed by atoms with van der Waals surface area (Å²) >= 11 is 0. The molecule has 0 radical (unpaired) electrons. The molecule has 3 fully saturated rings. The highest BCUT2D eigenvalue weighted by Gasteiger charge is 2.51. The van der Waals surface area contributed by atoms with Gasteiger partial charge in [0.15, 0.2) is 0 Å². The quantitative estimate of drug-likeness (QED) is 0.686. The van der Waals surface area contributed by atoms with E-state index in [0.29, 0.717) is 13.1 Å². The minimum atomic E-state index is -0.202. The summed E-state index contributed by atoms with van der Waals surface area (Å²) in [5.74, 6) is -0.0893. The number of piperidine rings is 1. The number of hydrogen-bond donors (Lipinski definition) is 3. The van der Waals surface area contributed by atoms with Gasteiger partial charge in [0.25, 0.3) is 0 Å². The van der Waals surface area contributed by atoms with Crippen LogP contribution >= 0.6 is 0 Å². The fourth-order valence-electron chi connectivity index (χ4n) is 5.42. The number of amides is 1. The molecule has 1 saturated carbocycles. The molecule has 3 aliphatic rings. The van der Waals surface area contributed by atoms with Crippen molar-refractivity contribution in [3.05, 3.63) is 48.3 Å². The van der Waals surface area contributed by atoms with Crippen molar-refractivity contribution in [3.8, 4) is 6.07 Å². The Morgan fingerprint density at radius 3 is 2.94 bits per heavy atom. The Morgan fingerprint density at radius 1 is 1.19 bits per heavy atom. The predicted octanol–water partition coefficient (Wildman–Crippen LogP) is 2.08. The monoisotopic (exact) mass is 419 g/mol. The van der Waals surface area contributed by atoms with Crippen LogP contribution in [0.5, 0.6) is 0 Å². The van der Waals surface area contributed by atoms with Gasteiger partial charge >= 0.3 is 0 Å². The molecule has 0 bridgehead atoms. The van der Waals surface area contributed by atoms with Crippen molar-refractivity contribution >= 4 is 11.6 Å². The Labute approximate surface area is 182 Å². The average Bonchev–Trinajstić information content (AvgIpc) is 3.43. The van der Waals surface area contributed by atoms with Crippen LogP contribution in [0, 0.1) is 23.2 Å². The number of hydrogen-bond acceptors (Lipinski definition) is 6. The van der Waals surface area contributed by atoms with Gasteiger partial charge in [-0.15, -0.1) is 0 Å². The van der Waals surface area contributed by atoms with E-state index in [9.17, 15) is 10.1 Å². The highest BCUT2D eigenvalue weighted by molar-refractivity contribution is 5.82. The first-order chi connectivity index (χ1) is 15.2. The van der Waals surface area contributed by atoms with Gasteiger partial charge in [-0.2, -0.15) is 10.4 Å². The van der Waals surface area contributed by atoms with Gasteiger partial charge in [-0.1, -0.05) is 25.0 Å². The van der Waals surface area contributed by atoms with Gasteiger partial charge in [0.1, 0.15) is 6.17 Å². The van der Waals surface area contributed by atoms with E-state index in [1.807, 2.05) is 29.1 Å². The minimum absolute atomic E-state index is 0.0167. The van der Waals surface area contributed by atoms with Gasteiger partial charge < -0.3 is 10.6 Å². The number of benzene rings is 1. The fourth-order valence-corrected chi connectivity index (χ4v) is 5.42. The number of carbonyl (C=O) groups excluding carboxylic acids is 1. The Hall–Kier alpha value is -2.89. The summed E-state index contributed by atoms with van der Waals surface area (Å²) in [6.45, 7) is 1.39. The Bertz CT molecular complexity index is 953. The van der Waals surface area contributed by atoms with E-state index in [0.717, 1.165) is 43.4 Å². The minimum Gasteiger partial charge on any atom is -0.368 e. The van der Waals surface area contributed by atoms with E-state index in [1.165, 1.54) is 0 Å².